The maximum atomic E-state index is 11.6. The van der Waals surface area contributed by atoms with Crippen LogP contribution in [0.1, 0.15) is 27.0 Å². The number of nitriles is 1. The Hall–Kier alpha value is -3.34. The van der Waals surface area contributed by atoms with E-state index in [1.165, 1.54) is 7.11 Å². The summed E-state index contributed by atoms with van der Waals surface area (Å²) in [6, 6.07) is 13.8. The predicted molar refractivity (Wildman–Crippen MR) is 151 cm³/mol. The van der Waals surface area contributed by atoms with Crippen LogP contribution in [0, 0.1) is 18.3 Å². The summed E-state index contributed by atoms with van der Waals surface area (Å²) < 4.78 is 4.38. The summed E-state index contributed by atoms with van der Waals surface area (Å²) in [4.78, 5) is 26.5. The number of carbonyl (C=O) groups is 2. The van der Waals surface area contributed by atoms with Crippen molar-refractivity contribution in [1.82, 2.24) is 5.32 Å². The summed E-state index contributed by atoms with van der Waals surface area (Å²) in [6.07, 6.45) is 1.73. The molecular formula is C27H21Cl4N3O3. The van der Waals surface area contributed by atoms with Gasteiger partial charge in [0.1, 0.15) is 6.54 Å². The zero-order valence-corrected chi connectivity index (χ0v) is 22.9. The molecule has 0 fully saturated rings. The van der Waals surface area contributed by atoms with Gasteiger partial charge in [0.05, 0.1) is 50.1 Å². The van der Waals surface area contributed by atoms with Crippen LogP contribution in [-0.4, -0.2) is 32.2 Å². The van der Waals surface area contributed by atoms with Crippen LogP contribution in [0.4, 0.5) is 5.69 Å². The fourth-order valence-corrected chi connectivity index (χ4v) is 4.52. The minimum absolute atomic E-state index is 0.148. The Morgan fingerprint density at radius 2 is 1.68 bits per heavy atom. The molecule has 3 aromatic rings. The van der Waals surface area contributed by atoms with E-state index in [9.17, 15) is 9.59 Å². The van der Waals surface area contributed by atoms with Gasteiger partial charge < -0.3 is 10.1 Å². The van der Waals surface area contributed by atoms with Crippen molar-refractivity contribution in [2.24, 2.45) is 4.99 Å². The number of benzene rings is 3. The van der Waals surface area contributed by atoms with Crippen molar-refractivity contribution in [3.8, 4) is 17.2 Å². The van der Waals surface area contributed by atoms with Gasteiger partial charge in [-0.3, -0.25) is 14.6 Å². The molecule has 0 aliphatic rings. The molecule has 3 rings (SSSR count). The second-order valence-corrected chi connectivity index (χ2v) is 8.97. The summed E-state index contributed by atoms with van der Waals surface area (Å²) >= 11 is 24.2. The number of aryl methyl sites for hydroxylation is 1. The number of ether oxygens (including phenoxy) is 1. The molecule has 37 heavy (non-hydrogen) atoms. The van der Waals surface area contributed by atoms with E-state index >= 15 is 0 Å². The summed E-state index contributed by atoms with van der Waals surface area (Å²) in [5, 5.41) is 12.6. The first-order chi connectivity index (χ1) is 17.6. The van der Waals surface area contributed by atoms with Gasteiger partial charge >= 0.3 is 5.97 Å². The van der Waals surface area contributed by atoms with E-state index in [-0.39, 0.29) is 22.2 Å². The lowest BCUT2D eigenvalue weighted by Gasteiger charge is -2.14. The summed E-state index contributed by atoms with van der Waals surface area (Å²) in [5.74, 6) is -1.06. The topological polar surface area (TPSA) is 91.5 Å². The first-order valence-corrected chi connectivity index (χ1v) is 12.0. The van der Waals surface area contributed by atoms with Crippen molar-refractivity contribution in [2.45, 2.75) is 6.92 Å². The number of carbonyl (C=O) groups excluding carboxylic acids is 2. The Morgan fingerprint density at radius 3 is 2.16 bits per heavy atom. The van der Waals surface area contributed by atoms with Crippen molar-refractivity contribution in [1.29, 1.82) is 5.26 Å². The summed E-state index contributed by atoms with van der Waals surface area (Å²) in [7, 11) is 1.23. The standard InChI is InChI=1S/C17H12Cl2N2.C10H9Cl2NO3/c1-4-12-10(2)5-6-13(17(12)21-3)16-14(18)7-11(9-20)8-15(16)19;1-16-8(14)5-13-10(15)9-6(11)3-2-4-7(9)12/h4-8H,1,3H2,2H3;2-4H,5H2,1H3,(H,13,15). The maximum absolute atomic E-state index is 11.6. The molecule has 0 aromatic heterocycles. The van der Waals surface area contributed by atoms with Gasteiger partial charge in [-0.1, -0.05) is 77.3 Å². The Morgan fingerprint density at radius 1 is 1.08 bits per heavy atom. The van der Waals surface area contributed by atoms with E-state index < -0.39 is 11.9 Å². The molecule has 1 N–H and O–H groups in total. The number of nitrogens with one attached hydrogen (secondary N) is 1. The van der Waals surface area contributed by atoms with E-state index in [1.54, 1.807) is 36.4 Å². The first kappa shape index (κ1) is 29.9. The molecule has 0 saturated carbocycles. The quantitative estimate of drug-likeness (QED) is 0.240. The Labute approximate surface area is 235 Å². The lowest BCUT2D eigenvalue weighted by molar-refractivity contribution is -0.139. The Kier molecular flexibility index (Phi) is 11.2. The first-order valence-electron chi connectivity index (χ1n) is 10.5. The molecule has 6 nitrogen and oxygen atoms in total. The second-order valence-electron chi connectivity index (χ2n) is 7.34. The van der Waals surface area contributed by atoms with Crippen LogP contribution < -0.4 is 5.32 Å². The van der Waals surface area contributed by atoms with E-state index in [1.807, 2.05) is 25.1 Å². The molecule has 0 radical (unpaired) electrons. The lowest BCUT2D eigenvalue weighted by Crippen LogP contribution is -2.30. The van der Waals surface area contributed by atoms with Crippen LogP contribution in [0.2, 0.25) is 20.1 Å². The zero-order chi connectivity index (χ0) is 27.7. The highest BCUT2D eigenvalue weighted by Crippen LogP contribution is 2.43. The number of rotatable bonds is 6. The highest BCUT2D eigenvalue weighted by Gasteiger charge is 2.17. The molecule has 0 aliphatic heterocycles. The van der Waals surface area contributed by atoms with E-state index in [0.29, 0.717) is 26.9 Å². The van der Waals surface area contributed by atoms with Crippen LogP contribution in [0.25, 0.3) is 17.2 Å². The van der Waals surface area contributed by atoms with Gasteiger partial charge in [0.15, 0.2) is 0 Å². The normalized spacial score (nSPS) is 9.86. The lowest BCUT2D eigenvalue weighted by atomic mass is 9.96. The molecule has 0 unspecified atom stereocenters. The van der Waals surface area contributed by atoms with Gasteiger partial charge in [-0.05, 0) is 43.5 Å². The second kappa shape index (κ2) is 13.8. The molecule has 0 atom stereocenters. The average molecular weight is 577 g/mol. The average Bonchev–Trinajstić information content (AvgIpc) is 2.87. The van der Waals surface area contributed by atoms with Gasteiger partial charge in [-0.2, -0.15) is 5.26 Å². The van der Waals surface area contributed by atoms with E-state index in [2.05, 4.69) is 28.3 Å². The summed E-state index contributed by atoms with van der Waals surface area (Å²) in [6.45, 7) is 9.18. The molecule has 0 bridgehead atoms. The molecule has 0 aliphatic carbocycles. The smallest absolute Gasteiger partial charge is 0.325 e. The van der Waals surface area contributed by atoms with Crippen LogP contribution in [0.5, 0.6) is 0 Å². The third kappa shape index (κ3) is 7.34. The molecule has 10 heteroatoms. The highest BCUT2D eigenvalue weighted by molar-refractivity contribution is 6.40. The fourth-order valence-electron chi connectivity index (χ4n) is 3.26. The van der Waals surface area contributed by atoms with Gasteiger partial charge in [0, 0.05) is 16.7 Å². The molecular weight excluding hydrogens is 556 g/mol. The molecule has 190 valence electrons. The number of hydrogen-bond donors (Lipinski definition) is 1. The van der Waals surface area contributed by atoms with Crippen LogP contribution in [0.3, 0.4) is 0 Å². The largest absolute Gasteiger partial charge is 0.468 e. The highest BCUT2D eigenvalue weighted by atomic mass is 35.5. The fraction of sp³-hybridized carbons (Fsp3) is 0.111. The number of hydrogen-bond acceptors (Lipinski definition) is 5. The number of aliphatic imine (C=N–C) groups is 1. The number of halogens is 4. The van der Waals surface area contributed by atoms with Crippen molar-refractivity contribution < 1.29 is 14.3 Å². The minimum atomic E-state index is -0.545. The Bertz CT molecular complexity index is 1370. The summed E-state index contributed by atoms with van der Waals surface area (Å²) in [5.41, 5.74) is 4.58. The third-order valence-electron chi connectivity index (χ3n) is 5.05. The molecule has 0 spiro atoms. The monoisotopic (exact) mass is 575 g/mol. The van der Waals surface area contributed by atoms with Crippen LogP contribution in [0.15, 0.2) is 54.0 Å². The SMILES string of the molecule is C=Cc1c(C)ccc(-c2c(Cl)cc(C#N)cc2Cl)c1N=C.COC(=O)CNC(=O)c1c(Cl)cccc1Cl. The molecule has 0 saturated heterocycles. The number of nitrogens with zero attached hydrogens (tertiary/aromatic N) is 2. The minimum Gasteiger partial charge on any atom is -0.468 e. The van der Waals surface area contributed by atoms with Gasteiger partial charge in [0.25, 0.3) is 5.91 Å². The van der Waals surface area contributed by atoms with Crippen LogP contribution in [-0.2, 0) is 9.53 Å². The van der Waals surface area contributed by atoms with Gasteiger partial charge in [-0.15, -0.1) is 0 Å². The maximum Gasteiger partial charge on any atom is 0.325 e. The number of esters is 1. The van der Waals surface area contributed by atoms with Gasteiger partial charge in [0.2, 0.25) is 0 Å². The van der Waals surface area contributed by atoms with Crippen molar-refractivity contribution in [3.63, 3.8) is 0 Å². The van der Waals surface area contributed by atoms with E-state index in [4.69, 9.17) is 51.7 Å². The third-order valence-corrected chi connectivity index (χ3v) is 6.27. The number of amides is 1. The van der Waals surface area contributed by atoms with Gasteiger partial charge in [-0.25, -0.2) is 0 Å². The molecule has 1 amide bonds. The predicted octanol–water partition coefficient (Wildman–Crippen LogP) is 7.71. The van der Waals surface area contributed by atoms with E-state index in [0.717, 1.165) is 16.7 Å². The Balaban J connectivity index is 0.000000271. The molecule has 3 aromatic carbocycles. The van der Waals surface area contributed by atoms with Crippen molar-refractivity contribution >= 4 is 76.8 Å². The van der Waals surface area contributed by atoms with Crippen molar-refractivity contribution in [2.75, 3.05) is 13.7 Å². The molecule has 0 heterocycles. The van der Waals surface area contributed by atoms with Crippen LogP contribution >= 0.6 is 46.4 Å². The van der Waals surface area contributed by atoms with Crippen molar-refractivity contribution in [3.05, 3.63) is 91.4 Å². The zero-order valence-electron chi connectivity index (χ0n) is 19.9. The number of methoxy groups -OCH3 is 1.